The van der Waals surface area contributed by atoms with E-state index in [1.165, 1.54) is 35.9 Å². The number of nitrogens with one attached hydrogen (secondary N) is 1. The van der Waals surface area contributed by atoms with E-state index in [-0.39, 0.29) is 11.7 Å². The van der Waals surface area contributed by atoms with E-state index in [1.54, 1.807) is 7.11 Å². The number of fused-ring (bicyclic) bond motifs is 3. The zero-order valence-corrected chi connectivity index (χ0v) is 16.0. The molecule has 0 bridgehead atoms. The second-order valence-electron chi connectivity index (χ2n) is 7.08. The fourth-order valence-electron chi connectivity index (χ4n) is 3.75. The minimum atomic E-state index is -0.341. The lowest BCUT2D eigenvalue weighted by Gasteiger charge is -2.11. The number of amides is 1. The van der Waals surface area contributed by atoms with Crippen molar-refractivity contribution in [1.29, 1.82) is 0 Å². The van der Waals surface area contributed by atoms with Gasteiger partial charge in [0.1, 0.15) is 22.9 Å². The van der Waals surface area contributed by atoms with Crippen LogP contribution in [0.4, 0.5) is 10.1 Å². The van der Waals surface area contributed by atoms with Gasteiger partial charge in [-0.1, -0.05) is 0 Å². The van der Waals surface area contributed by atoms with Crippen LogP contribution in [0.3, 0.4) is 0 Å². The number of hydrogen-bond acceptors (Lipinski definition) is 3. The van der Waals surface area contributed by atoms with Gasteiger partial charge in [-0.05, 0) is 62.1 Å². The van der Waals surface area contributed by atoms with Crippen molar-refractivity contribution in [2.75, 3.05) is 12.4 Å². The van der Waals surface area contributed by atoms with Crippen LogP contribution in [-0.2, 0) is 17.6 Å². The standard InChI is InChI=1S/C23H22FNO3/c1-14(11-23(26)25-16-9-7-15(24)8-10-16)18-12-19-17-5-3-4-6-20(17)28-22(19)13-21(18)27-2/h7-13H,3-6H2,1-2H3,(H,25,26)/b14-11+. The molecule has 0 radical (unpaired) electrons. The summed E-state index contributed by atoms with van der Waals surface area (Å²) in [6.07, 6.45) is 5.83. The van der Waals surface area contributed by atoms with Crippen LogP contribution in [0.5, 0.6) is 5.75 Å². The summed E-state index contributed by atoms with van der Waals surface area (Å²) in [6, 6.07) is 9.63. The second-order valence-corrected chi connectivity index (χ2v) is 7.08. The number of anilines is 1. The van der Waals surface area contributed by atoms with Crippen molar-refractivity contribution in [1.82, 2.24) is 0 Å². The fourth-order valence-corrected chi connectivity index (χ4v) is 3.75. The first-order valence-corrected chi connectivity index (χ1v) is 9.42. The molecular formula is C23H22FNO3. The van der Waals surface area contributed by atoms with Crippen LogP contribution in [-0.4, -0.2) is 13.0 Å². The summed E-state index contributed by atoms with van der Waals surface area (Å²) < 4.78 is 24.6. The van der Waals surface area contributed by atoms with Crippen molar-refractivity contribution >= 4 is 28.1 Å². The predicted octanol–water partition coefficient (Wildman–Crippen LogP) is 5.50. The topological polar surface area (TPSA) is 51.5 Å². The summed E-state index contributed by atoms with van der Waals surface area (Å²) in [4.78, 5) is 12.4. The summed E-state index contributed by atoms with van der Waals surface area (Å²) in [5, 5.41) is 3.84. The van der Waals surface area contributed by atoms with Gasteiger partial charge in [0.15, 0.2) is 0 Å². The number of rotatable bonds is 4. The van der Waals surface area contributed by atoms with Gasteiger partial charge in [0.25, 0.3) is 0 Å². The third-order valence-corrected chi connectivity index (χ3v) is 5.16. The monoisotopic (exact) mass is 379 g/mol. The number of methoxy groups -OCH3 is 1. The van der Waals surface area contributed by atoms with E-state index in [1.807, 2.05) is 13.0 Å². The highest BCUT2D eigenvalue weighted by atomic mass is 19.1. The number of ether oxygens (including phenoxy) is 1. The van der Waals surface area contributed by atoms with Crippen LogP contribution in [0.25, 0.3) is 16.5 Å². The van der Waals surface area contributed by atoms with Gasteiger partial charge in [0.05, 0.1) is 7.11 Å². The molecule has 0 aliphatic heterocycles. The zero-order valence-electron chi connectivity index (χ0n) is 16.0. The van der Waals surface area contributed by atoms with Crippen LogP contribution in [0.1, 0.15) is 36.7 Å². The van der Waals surface area contributed by atoms with Crippen molar-refractivity contribution in [3.05, 3.63) is 65.2 Å². The van der Waals surface area contributed by atoms with E-state index in [4.69, 9.17) is 9.15 Å². The molecule has 4 nitrogen and oxygen atoms in total. The molecule has 0 saturated carbocycles. The van der Waals surface area contributed by atoms with E-state index in [0.717, 1.165) is 53.5 Å². The van der Waals surface area contributed by atoms with Crippen molar-refractivity contribution < 1.29 is 18.3 Å². The molecule has 1 aliphatic rings. The van der Waals surface area contributed by atoms with E-state index < -0.39 is 0 Å². The first-order chi connectivity index (χ1) is 13.5. The summed E-state index contributed by atoms with van der Waals surface area (Å²) in [5.74, 6) is 1.12. The number of carbonyl (C=O) groups excluding carboxylic acids is 1. The maximum absolute atomic E-state index is 13.0. The van der Waals surface area contributed by atoms with E-state index in [9.17, 15) is 9.18 Å². The van der Waals surface area contributed by atoms with Gasteiger partial charge < -0.3 is 14.5 Å². The first-order valence-electron chi connectivity index (χ1n) is 9.42. The molecule has 0 saturated heterocycles. The molecule has 1 aliphatic carbocycles. The van der Waals surface area contributed by atoms with Crippen molar-refractivity contribution in [3.63, 3.8) is 0 Å². The Labute approximate surface area is 163 Å². The number of hydrogen-bond donors (Lipinski definition) is 1. The predicted molar refractivity (Wildman–Crippen MR) is 108 cm³/mol. The molecule has 2 aromatic carbocycles. The summed E-state index contributed by atoms with van der Waals surface area (Å²) in [5.41, 5.74) is 4.29. The molecule has 4 rings (SSSR count). The van der Waals surface area contributed by atoms with Crippen LogP contribution in [0.15, 0.2) is 46.9 Å². The molecule has 1 aromatic heterocycles. The Bertz CT molecular complexity index is 1060. The van der Waals surface area contributed by atoms with Gasteiger partial charge in [-0.2, -0.15) is 0 Å². The average molecular weight is 379 g/mol. The van der Waals surface area contributed by atoms with Gasteiger partial charge in [-0.15, -0.1) is 0 Å². The minimum absolute atomic E-state index is 0.277. The maximum atomic E-state index is 13.0. The minimum Gasteiger partial charge on any atom is -0.496 e. The highest BCUT2D eigenvalue weighted by molar-refractivity contribution is 6.04. The summed E-state index contributed by atoms with van der Waals surface area (Å²) in [6.45, 7) is 1.88. The lowest BCUT2D eigenvalue weighted by Crippen LogP contribution is -2.08. The fraction of sp³-hybridized carbons (Fsp3) is 0.261. The van der Waals surface area contributed by atoms with Crippen LogP contribution < -0.4 is 10.1 Å². The number of furan rings is 1. The lowest BCUT2D eigenvalue weighted by atomic mass is 9.94. The molecule has 1 heterocycles. The van der Waals surface area contributed by atoms with Crippen LogP contribution in [0.2, 0.25) is 0 Å². The molecule has 0 spiro atoms. The van der Waals surface area contributed by atoms with Gasteiger partial charge >= 0.3 is 0 Å². The lowest BCUT2D eigenvalue weighted by molar-refractivity contribution is -0.111. The van der Waals surface area contributed by atoms with Gasteiger partial charge in [0, 0.05) is 40.8 Å². The Balaban J connectivity index is 1.67. The number of benzene rings is 2. The molecule has 28 heavy (non-hydrogen) atoms. The molecule has 1 amide bonds. The number of allylic oxidation sites excluding steroid dienone is 1. The zero-order chi connectivity index (χ0) is 19.7. The average Bonchev–Trinajstić information content (AvgIpc) is 3.06. The van der Waals surface area contributed by atoms with Gasteiger partial charge in [0.2, 0.25) is 5.91 Å². The van der Waals surface area contributed by atoms with E-state index in [0.29, 0.717) is 11.4 Å². The molecular weight excluding hydrogens is 357 g/mol. The smallest absolute Gasteiger partial charge is 0.248 e. The first kappa shape index (κ1) is 18.3. The largest absolute Gasteiger partial charge is 0.496 e. The van der Waals surface area contributed by atoms with Crippen LogP contribution in [0, 0.1) is 5.82 Å². The Morgan fingerprint density at radius 1 is 1.18 bits per heavy atom. The SMILES string of the molecule is COc1cc2oc3c(c2cc1/C(C)=C/C(=O)Nc1ccc(F)cc1)CCCC3. The molecule has 1 N–H and O–H groups in total. The molecule has 0 unspecified atom stereocenters. The highest BCUT2D eigenvalue weighted by Gasteiger charge is 2.20. The molecule has 144 valence electrons. The van der Waals surface area contributed by atoms with Crippen molar-refractivity contribution in [2.24, 2.45) is 0 Å². The maximum Gasteiger partial charge on any atom is 0.248 e. The molecule has 0 atom stereocenters. The van der Waals surface area contributed by atoms with Crippen molar-refractivity contribution in [3.8, 4) is 5.75 Å². The number of aryl methyl sites for hydroxylation is 2. The normalized spacial score (nSPS) is 14.0. The third-order valence-electron chi connectivity index (χ3n) is 5.16. The molecule has 3 aromatic rings. The number of carbonyl (C=O) groups is 1. The van der Waals surface area contributed by atoms with E-state index in [2.05, 4.69) is 11.4 Å². The quantitative estimate of drug-likeness (QED) is 0.609. The van der Waals surface area contributed by atoms with E-state index >= 15 is 0 Å². The third kappa shape index (κ3) is 3.52. The second kappa shape index (κ2) is 7.50. The Hall–Kier alpha value is -3.08. The number of halogens is 1. The van der Waals surface area contributed by atoms with Crippen molar-refractivity contribution in [2.45, 2.75) is 32.6 Å². The molecule has 0 fully saturated rings. The Morgan fingerprint density at radius 3 is 2.68 bits per heavy atom. The summed E-state index contributed by atoms with van der Waals surface area (Å²) in [7, 11) is 1.61. The van der Waals surface area contributed by atoms with Crippen LogP contribution >= 0.6 is 0 Å². The Kier molecular flexibility index (Phi) is 4.90. The Morgan fingerprint density at radius 2 is 1.93 bits per heavy atom. The molecule has 5 heteroatoms. The van der Waals surface area contributed by atoms with Gasteiger partial charge in [-0.3, -0.25) is 4.79 Å². The summed E-state index contributed by atoms with van der Waals surface area (Å²) >= 11 is 0. The highest BCUT2D eigenvalue weighted by Crippen LogP contribution is 2.37. The van der Waals surface area contributed by atoms with Gasteiger partial charge in [-0.25, -0.2) is 4.39 Å².